The van der Waals surface area contributed by atoms with E-state index in [9.17, 15) is 0 Å². The number of methoxy groups -OCH3 is 1. The largest absolute Gasteiger partial charge is 0.396 e. The number of aliphatic hydroxyl groups excluding tert-OH is 1. The molecule has 2 aromatic heterocycles. The fraction of sp³-hybridized carbons (Fsp3) is 0.455. The van der Waals surface area contributed by atoms with Gasteiger partial charge < -0.3 is 15.2 Å². The van der Waals surface area contributed by atoms with Crippen LogP contribution < -0.4 is 5.32 Å². The van der Waals surface area contributed by atoms with Crippen LogP contribution in [0.4, 0.5) is 5.95 Å². The second-order valence-electron chi connectivity index (χ2n) is 4.01. The van der Waals surface area contributed by atoms with Crippen LogP contribution in [0.2, 0.25) is 5.28 Å². The van der Waals surface area contributed by atoms with Gasteiger partial charge in [0.15, 0.2) is 0 Å². The number of halogens is 1. The number of hydrogen-bond donors (Lipinski definition) is 2. The minimum Gasteiger partial charge on any atom is -0.396 e. The number of aromatic nitrogens is 5. The topological polar surface area (TPSA) is 98.0 Å². The Morgan fingerprint density at radius 3 is 2.95 bits per heavy atom. The van der Waals surface area contributed by atoms with E-state index in [2.05, 4.69) is 25.3 Å². The maximum Gasteiger partial charge on any atom is 0.241 e. The summed E-state index contributed by atoms with van der Waals surface area (Å²) in [5, 5.41) is 12.1. The van der Waals surface area contributed by atoms with Gasteiger partial charge in [0.05, 0.1) is 12.6 Å². The van der Waals surface area contributed by atoms with Crippen LogP contribution in [0.1, 0.15) is 6.42 Å². The Bertz CT molecular complexity index is 530. The van der Waals surface area contributed by atoms with E-state index in [1.807, 2.05) is 0 Å². The highest BCUT2D eigenvalue weighted by Gasteiger charge is 2.12. The van der Waals surface area contributed by atoms with Gasteiger partial charge in [0.1, 0.15) is 6.33 Å². The van der Waals surface area contributed by atoms with Gasteiger partial charge in [0.25, 0.3) is 0 Å². The third-order valence-electron chi connectivity index (χ3n) is 2.51. The van der Waals surface area contributed by atoms with Crippen LogP contribution in [0.15, 0.2) is 18.7 Å². The van der Waals surface area contributed by atoms with Gasteiger partial charge in [0.2, 0.25) is 17.2 Å². The third kappa shape index (κ3) is 3.86. The Kier molecular flexibility index (Phi) is 5.22. The molecule has 1 atom stereocenters. The molecule has 8 nitrogen and oxygen atoms in total. The zero-order valence-corrected chi connectivity index (χ0v) is 11.7. The third-order valence-corrected chi connectivity index (χ3v) is 2.68. The number of nitrogens with zero attached hydrogens (tertiary/aromatic N) is 5. The average Bonchev–Trinajstić information content (AvgIpc) is 2.92. The monoisotopic (exact) mass is 298 g/mol. The quantitative estimate of drug-likeness (QED) is 0.769. The first-order chi connectivity index (χ1) is 9.72. The predicted molar refractivity (Wildman–Crippen MR) is 72.9 cm³/mol. The van der Waals surface area contributed by atoms with Gasteiger partial charge >= 0.3 is 0 Å². The zero-order chi connectivity index (χ0) is 14.4. The summed E-state index contributed by atoms with van der Waals surface area (Å²) in [4.78, 5) is 16.2. The molecule has 0 aliphatic rings. The van der Waals surface area contributed by atoms with Gasteiger partial charge in [0, 0.05) is 26.1 Å². The van der Waals surface area contributed by atoms with Crippen molar-refractivity contribution >= 4 is 17.5 Å². The summed E-state index contributed by atoms with van der Waals surface area (Å²) in [6, 6.07) is -0.112. The summed E-state index contributed by atoms with van der Waals surface area (Å²) in [6.07, 6.45) is 5.40. The minimum atomic E-state index is -0.112. The van der Waals surface area contributed by atoms with Crippen LogP contribution in [0, 0.1) is 0 Å². The van der Waals surface area contributed by atoms with Crippen LogP contribution >= 0.6 is 11.6 Å². The van der Waals surface area contributed by atoms with Gasteiger partial charge in [-0.25, -0.2) is 4.98 Å². The Morgan fingerprint density at radius 1 is 1.45 bits per heavy atom. The van der Waals surface area contributed by atoms with Crippen molar-refractivity contribution < 1.29 is 9.84 Å². The van der Waals surface area contributed by atoms with E-state index >= 15 is 0 Å². The van der Waals surface area contributed by atoms with E-state index in [0.29, 0.717) is 24.9 Å². The average molecular weight is 299 g/mol. The first-order valence-corrected chi connectivity index (χ1v) is 6.37. The lowest BCUT2D eigenvalue weighted by Crippen LogP contribution is -2.27. The lowest BCUT2D eigenvalue weighted by Gasteiger charge is -2.16. The molecule has 0 saturated carbocycles. The van der Waals surface area contributed by atoms with E-state index in [1.165, 1.54) is 0 Å². The van der Waals surface area contributed by atoms with Crippen LogP contribution in [-0.2, 0) is 4.74 Å². The Hall–Kier alpha value is -1.77. The van der Waals surface area contributed by atoms with Crippen LogP contribution in [0.5, 0.6) is 0 Å². The molecule has 0 fully saturated rings. The van der Waals surface area contributed by atoms with E-state index in [1.54, 1.807) is 30.4 Å². The molecule has 0 aliphatic carbocycles. The zero-order valence-electron chi connectivity index (χ0n) is 10.9. The molecular weight excluding hydrogens is 284 g/mol. The molecule has 2 N–H and O–H groups in total. The normalized spacial score (nSPS) is 12.3. The summed E-state index contributed by atoms with van der Waals surface area (Å²) in [7, 11) is 1.59. The SMILES string of the molecule is COCC(CCO)Nc1nc(Cl)nc(-n2ccnc2)n1. The number of nitrogens with one attached hydrogen (secondary N) is 1. The van der Waals surface area contributed by atoms with Crippen molar-refractivity contribution in [3.05, 3.63) is 24.0 Å². The molecule has 108 valence electrons. The Labute approximate surface area is 120 Å². The fourth-order valence-electron chi connectivity index (χ4n) is 1.63. The Morgan fingerprint density at radius 2 is 2.30 bits per heavy atom. The minimum absolute atomic E-state index is 0.0359. The van der Waals surface area contributed by atoms with E-state index in [4.69, 9.17) is 21.4 Å². The number of anilines is 1. The van der Waals surface area contributed by atoms with Crippen molar-refractivity contribution in [3.63, 3.8) is 0 Å². The standard InChI is InChI=1S/C11H15ClN6O2/c1-20-6-8(2-5-19)14-10-15-9(12)16-11(17-10)18-4-3-13-7-18/h3-4,7-8,19H,2,5-6H2,1H3,(H,14,15,16,17). The molecule has 0 amide bonds. The van der Waals surface area contributed by atoms with Crippen molar-refractivity contribution in [2.75, 3.05) is 25.6 Å². The number of hydrogen-bond acceptors (Lipinski definition) is 7. The molecule has 2 heterocycles. The van der Waals surface area contributed by atoms with Crippen molar-refractivity contribution in [1.82, 2.24) is 24.5 Å². The lowest BCUT2D eigenvalue weighted by molar-refractivity contribution is 0.170. The summed E-state index contributed by atoms with van der Waals surface area (Å²) < 4.78 is 6.69. The van der Waals surface area contributed by atoms with E-state index in [-0.39, 0.29) is 17.9 Å². The lowest BCUT2D eigenvalue weighted by atomic mass is 10.2. The van der Waals surface area contributed by atoms with Crippen molar-refractivity contribution in [1.29, 1.82) is 0 Å². The van der Waals surface area contributed by atoms with E-state index in [0.717, 1.165) is 0 Å². The second-order valence-corrected chi connectivity index (χ2v) is 4.34. The van der Waals surface area contributed by atoms with Crippen molar-refractivity contribution in [2.45, 2.75) is 12.5 Å². The van der Waals surface area contributed by atoms with Crippen LogP contribution in [-0.4, -0.2) is 56.0 Å². The molecule has 0 aromatic carbocycles. The molecule has 0 radical (unpaired) electrons. The van der Waals surface area contributed by atoms with Gasteiger partial charge in [-0.15, -0.1) is 0 Å². The van der Waals surface area contributed by atoms with Gasteiger partial charge in [-0.05, 0) is 18.0 Å². The summed E-state index contributed by atoms with van der Waals surface area (Å²) in [5.74, 6) is 0.689. The highest BCUT2D eigenvalue weighted by atomic mass is 35.5. The highest BCUT2D eigenvalue weighted by Crippen LogP contribution is 2.11. The molecule has 0 bridgehead atoms. The predicted octanol–water partition coefficient (Wildman–Crippen LogP) is 0.520. The molecule has 1 unspecified atom stereocenters. The fourth-order valence-corrected chi connectivity index (χ4v) is 1.79. The number of aliphatic hydroxyl groups is 1. The van der Waals surface area contributed by atoms with Gasteiger partial charge in [-0.2, -0.15) is 15.0 Å². The first-order valence-electron chi connectivity index (χ1n) is 5.99. The summed E-state index contributed by atoms with van der Waals surface area (Å²) in [6.45, 7) is 0.457. The molecule has 20 heavy (non-hydrogen) atoms. The number of ether oxygens (including phenoxy) is 1. The summed E-state index contributed by atoms with van der Waals surface area (Å²) >= 11 is 5.89. The smallest absolute Gasteiger partial charge is 0.241 e. The molecule has 0 saturated heterocycles. The maximum atomic E-state index is 9.01. The molecule has 2 rings (SSSR count). The van der Waals surface area contributed by atoms with Crippen LogP contribution in [0.25, 0.3) is 5.95 Å². The molecular formula is C11H15ClN6O2. The number of imidazole rings is 1. The molecule has 0 spiro atoms. The second kappa shape index (κ2) is 7.13. The van der Waals surface area contributed by atoms with Crippen molar-refractivity contribution in [2.24, 2.45) is 0 Å². The molecule has 9 heteroatoms. The maximum absolute atomic E-state index is 9.01. The van der Waals surface area contributed by atoms with Gasteiger partial charge in [-0.1, -0.05) is 0 Å². The first kappa shape index (κ1) is 14.6. The van der Waals surface area contributed by atoms with Gasteiger partial charge in [-0.3, -0.25) is 4.57 Å². The molecule has 2 aromatic rings. The molecule has 0 aliphatic heterocycles. The van der Waals surface area contributed by atoms with Crippen LogP contribution in [0.3, 0.4) is 0 Å². The highest BCUT2D eigenvalue weighted by molar-refractivity contribution is 6.28. The van der Waals surface area contributed by atoms with E-state index < -0.39 is 0 Å². The summed E-state index contributed by atoms with van der Waals surface area (Å²) in [5.41, 5.74) is 0. The Balaban J connectivity index is 2.19. The number of rotatable bonds is 7. The van der Waals surface area contributed by atoms with Crippen molar-refractivity contribution in [3.8, 4) is 5.95 Å².